The number of amides is 2. The highest BCUT2D eigenvalue weighted by atomic mass is 16.2. The highest BCUT2D eigenvalue weighted by molar-refractivity contribution is 6.10. The summed E-state index contributed by atoms with van der Waals surface area (Å²) in [6.45, 7) is 4.79. The Kier molecular flexibility index (Phi) is 7.27. The summed E-state index contributed by atoms with van der Waals surface area (Å²) in [4.78, 5) is 30.0. The molecule has 1 heterocycles. The summed E-state index contributed by atoms with van der Waals surface area (Å²) >= 11 is 0. The van der Waals surface area contributed by atoms with Crippen molar-refractivity contribution in [2.75, 3.05) is 43.4 Å². The van der Waals surface area contributed by atoms with Crippen molar-refractivity contribution in [2.45, 2.75) is 6.54 Å². The number of hydrogen-bond acceptors (Lipinski definition) is 4. The monoisotopic (exact) mass is 428 g/mol. The molecule has 0 atom stereocenters. The van der Waals surface area contributed by atoms with Gasteiger partial charge >= 0.3 is 0 Å². The summed E-state index contributed by atoms with van der Waals surface area (Å²) in [6, 6.07) is 26.8. The summed E-state index contributed by atoms with van der Waals surface area (Å²) < 4.78 is 0. The van der Waals surface area contributed by atoms with E-state index in [-0.39, 0.29) is 11.8 Å². The summed E-state index contributed by atoms with van der Waals surface area (Å²) in [5.74, 6) is -0.358. The minimum atomic E-state index is -0.248. The van der Waals surface area contributed by atoms with E-state index in [0.29, 0.717) is 23.5 Å². The molecule has 0 radical (unpaired) electrons. The van der Waals surface area contributed by atoms with Gasteiger partial charge in [0.1, 0.15) is 0 Å². The number of nitrogens with zero attached hydrogens (tertiary/aromatic N) is 2. The molecule has 4 rings (SSSR count). The van der Waals surface area contributed by atoms with E-state index in [1.54, 1.807) is 18.2 Å². The van der Waals surface area contributed by atoms with Gasteiger partial charge in [-0.25, -0.2) is 0 Å². The lowest BCUT2D eigenvalue weighted by atomic mass is 10.1. The fourth-order valence-corrected chi connectivity index (χ4v) is 3.85. The molecule has 0 spiro atoms. The smallest absolute Gasteiger partial charge is 0.257 e. The van der Waals surface area contributed by atoms with Gasteiger partial charge in [-0.2, -0.15) is 0 Å². The molecular formula is C26H28N4O2. The summed E-state index contributed by atoms with van der Waals surface area (Å²) in [6.07, 6.45) is 0. The first-order chi connectivity index (χ1) is 15.7. The molecule has 6 nitrogen and oxygen atoms in total. The van der Waals surface area contributed by atoms with Gasteiger partial charge in [0, 0.05) is 38.4 Å². The number of carbonyl (C=O) groups is 2. The van der Waals surface area contributed by atoms with Crippen LogP contribution in [-0.4, -0.2) is 54.3 Å². The first-order valence-corrected chi connectivity index (χ1v) is 10.9. The maximum Gasteiger partial charge on any atom is 0.257 e. The molecule has 0 aromatic heterocycles. The molecule has 0 bridgehead atoms. The number of para-hydroxylation sites is 2. The van der Waals surface area contributed by atoms with Crippen molar-refractivity contribution in [1.82, 2.24) is 9.80 Å². The Bertz CT molecular complexity index is 1030. The Labute approximate surface area is 188 Å². The Balaban J connectivity index is 1.29. The molecule has 0 saturated carbocycles. The zero-order valence-corrected chi connectivity index (χ0v) is 18.0. The first-order valence-electron chi connectivity index (χ1n) is 10.9. The number of benzene rings is 3. The van der Waals surface area contributed by atoms with Crippen molar-refractivity contribution in [3.63, 3.8) is 0 Å². The molecule has 3 aromatic carbocycles. The zero-order chi connectivity index (χ0) is 22.2. The third kappa shape index (κ3) is 6.03. The average molecular weight is 429 g/mol. The molecule has 6 heteroatoms. The minimum Gasteiger partial charge on any atom is -0.324 e. The van der Waals surface area contributed by atoms with Crippen LogP contribution in [0.1, 0.15) is 15.9 Å². The molecule has 2 amide bonds. The largest absolute Gasteiger partial charge is 0.324 e. The van der Waals surface area contributed by atoms with Crippen molar-refractivity contribution in [1.29, 1.82) is 0 Å². The van der Waals surface area contributed by atoms with Crippen LogP contribution in [0.25, 0.3) is 0 Å². The van der Waals surface area contributed by atoms with Crippen molar-refractivity contribution in [2.24, 2.45) is 0 Å². The van der Waals surface area contributed by atoms with Gasteiger partial charge in [-0.3, -0.25) is 19.4 Å². The number of anilines is 2. The maximum absolute atomic E-state index is 12.7. The van der Waals surface area contributed by atoms with Crippen LogP contribution in [0.5, 0.6) is 0 Å². The van der Waals surface area contributed by atoms with E-state index >= 15 is 0 Å². The maximum atomic E-state index is 12.7. The summed E-state index contributed by atoms with van der Waals surface area (Å²) in [5.41, 5.74) is 2.99. The molecular weight excluding hydrogens is 400 g/mol. The van der Waals surface area contributed by atoms with Gasteiger partial charge in [0.05, 0.1) is 17.8 Å². The van der Waals surface area contributed by atoms with Crippen LogP contribution >= 0.6 is 0 Å². The molecule has 164 valence electrons. The lowest BCUT2D eigenvalue weighted by molar-refractivity contribution is -0.117. The number of piperazine rings is 1. The van der Waals surface area contributed by atoms with Gasteiger partial charge < -0.3 is 10.6 Å². The molecule has 1 aliphatic heterocycles. The predicted molar refractivity (Wildman–Crippen MR) is 128 cm³/mol. The summed E-state index contributed by atoms with van der Waals surface area (Å²) in [5, 5.41) is 5.79. The lowest BCUT2D eigenvalue weighted by Crippen LogP contribution is -2.48. The van der Waals surface area contributed by atoms with Gasteiger partial charge in [0.25, 0.3) is 5.91 Å². The standard InChI is InChI=1S/C26H28N4O2/c31-25(20-30-17-15-29(16-18-30)19-21-9-3-1-4-10-21)28-24-14-8-7-13-23(24)26(32)27-22-11-5-2-6-12-22/h1-14H,15-20H2,(H,27,32)(H,28,31). The Morgan fingerprint density at radius 2 is 1.28 bits per heavy atom. The van der Waals surface area contributed by atoms with E-state index in [1.165, 1.54) is 5.56 Å². The average Bonchev–Trinajstić information content (AvgIpc) is 2.82. The topological polar surface area (TPSA) is 64.7 Å². The van der Waals surface area contributed by atoms with Gasteiger partial charge in [-0.15, -0.1) is 0 Å². The minimum absolute atomic E-state index is 0.110. The van der Waals surface area contributed by atoms with Crippen molar-refractivity contribution in [3.8, 4) is 0 Å². The normalized spacial score (nSPS) is 14.6. The number of rotatable bonds is 7. The molecule has 1 saturated heterocycles. The number of hydrogen-bond donors (Lipinski definition) is 2. The van der Waals surface area contributed by atoms with Gasteiger partial charge in [0.15, 0.2) is 0 Å². The van der Waals surface area contributed by atoms with E-state index in [2.05, 4.69) is 44.7 Å². The quantitative estimate of drug-likeness (QED) is 0.602. The Morgan fingerprint density at radius 1 is 0.688 bits per heavy atom. The van der Waals surface area contributed by atoms with Crippen LogP contribution in [0.2, 0.25) is 0 Å². The Morgan fingerprint density at radius 3 is 2.00 bits per heavy atom. The molecule has 32 heavy (non-hydrogen) atoms. The zero-order valence-electron chi connectivity index (χ0n) is 18.0. The fraction of sp³-hybridized carbons (Fsp3) is 0.231. The second-order valence-corrected chi connectivity index (χ2v) is 7.95. The van der Waals surface area contributed by atoms with Crippen LogP contribution < -0.4 is 10.6 Å². The van der Waals surface area contributed by atoms with Gasteiger partial charge in [-0.1, -0.05) is 60.7 Å². The van der Waals surface area contributed by atoms with Gasteiger partial charge in [0.2, 0.25) is 5.91 Å². The van der Waals surface area contributed by atoms with Crippen LogP contribution in [0.3, 0.4) is 0 Å². The Hall–Kier alpha value is -3.48. The first kappa shape index (κ1) is 21.7. The van der Waals surface area contributed by atoms with E-state index < -0.39 is 0 Å². The number of nitrogens with one attached hydrogen (secondary N) is 2. The van der Waals surface area contributed by atoms with Crippen LogP contribution in [-0.2, 0) is 11.3 Å². The van der Waals surface area contributed by atoms with Crippen molar-refractivity contribution < 1.29 is 9.59 Å². The number of carbonyl (C=O) groups excluding carboxylic acids is 2. The summed E-state index contributed by atoms with van der Waals surface area (Å²) in [7, 11) is 0. The van der Waals surface area contributed by atoms with E-state index in [0.717, 1.165) is 32.7 Å². The SMILES string of the molecule is O=C(CN1CCN(Cc2ccccc2)CC1)Nc1ccccc1C(=O)Nc1ccccc1. The molecule has 0 aliphatic carbocycles. The highest BCUT2D eigenvalue weighted by Crippen LogP contribution is 2.18. The molecule has 1 fully saturated rings. The predicted octanol–water partition coefficient (Wildman–Crippen LogP) is 3.70. The molecule has 2 N–H and O–H groups in total. The van der Waals surface area contributed by atoms with Crippen molar-refractivity contribution >= 4 is 23.2 Å². The third-order valence-corrected chi connectivity index (χ3v) is 5.56. The molecule has 1 aliphatic rings. The second-order valence-electron chi connectivity index (χ2n) is 7.95. The molecule has 3 aromatic rings. The van der Waals surface area contributed by atoms with Crippen LogP contribution in [0.4, 0.5) is 11.4 Å². The lowest BCUT2D eigenvalue weighted by Gasteiger charge is -2.34. The van der Waals surface area contributed by atoms with E-state index in [4.69, 9.17) is 0 Å². The van der Waals surface area contributed by atoms with Crippen molar-refractivity contribution in [3.05, 3.63) is 96.1 Å². The highest BCUT2D eigenvalue weighted by Gasteiger charge is 2.20. The van der Waals surface area contributed by atoms with E-state index in [9.17, 15) is 9.59 Å². The third-order valence-electron chi connectivity index (χ3n) is 5.56. The van der Waals surface area contributed by atoms with Gasteiger partial charge in [-0.05, 0) is 29.8 Å². The fourth-order valence-electron chi connectivity index (χ4n) is 3.85. The second kappa shape index (κ2) is 10.7. The van der Waals surface area contributed by atoms with Crippen LogP contribution in [0.15, 0.2) is 84.9 Å². The molecule has 0 unspecified atom stereocenters. The van der Waals surface area contributed by atoms with E-state index in [1.807, 2.05) is 42.5 Å². The van der Waals surface area contributed by atoms with Crippen LogP contribution in [0, 0.1) is 0 Å².